The fourth-order valence-electron chi connectivity index (χ4n) is 1.40. The normalized spacial score (nSPS) is 12.2. The van der Waals surface area contributed by atoms with Crippen molar-refractivity contribution in [3.8, 4) is 11.5 Å². The molecule has 0 aliphatic carbocycles. The van der Waals surface area contributed by atoms with Gasteiger partial charge in [0.2, 0.25) is 0 Å². The highest BCUT2D eigenvalue weighted by Crippen LogP contribution is 2.33. The Labute approximate surface area is 110 Å². The van der Waals surface area contributed by atoms with Gasteiger partial charge in [0.15, 0.2) is 0 Å². The number of aliphatic carboxylic acids is 1. The Morgan fingerprint density at radius 2 is 2.22 bits per heavy atom. The van der Waals surface area contributed by atoms with Crippen LogP contribution in [0.5, 0.6) is 11.5 Å². The van der Waals surface area contributed by atoms with E-state index in [1.807, 2.05) is 6.26 Å². The molecule has 18 heavy (non-hydrogen) atoms. The molecule has 1 atom stereocenters. The standard InChI is InChI=1S/C12H17NO4S/c1-7(12(15)16)13-6-8-4-11(18-3)10(17-2)5-9(8)14/h4-5,7,13-14H,6H2,1-3H3,(H,15,16)/t7-/m0/s1. The van der Waals surface area contributed by atoms with Crippen LogP contribution < -0.4 is 10.1 Å². The quantitative estimate of drug-likeness (QED) is 0.683. The van der Waals surface area contributed by atoms with Crippen molar-refractivity contribution in [1.29, 1.82) is 0 Å². The van der Waals surface area contributed by atoms with E-state index in [0.29, 0.717) is 11.3 Å². The van der Waals surface area contributed by atoms with E-state index >= 15 is 0 Å². The third-order valence-electron chi connectivity index (χ3n) is 2.55. The lowest BCUT2D eigenvalue weighted by atomic mass is 10.1. The summed E-state index contributed by atoms with van der Waals surface area (Å²) < 4.78 is 5.14. The Morgan fingerprint density at radius 3 is 2.72 bits per heavy atom. The molecule has 0 spiro atoms. The first-order valence-corrected chi connectivity index (χ1v) is 6.62. The lowest BCUT2D eigenvalue weighted by Crippen LogP contribution is -2.33. The lowest BCUT2D eigenvalue weighted by Gasteiger charge is -2.13. The van der Waals surface area contributed by atoms with Crippen molar-refractivity contribution in [3.63, 3.8) is 0 Å². The second-order valence-corrected chi connectivity index (χ2v) is 4.62. The number of benzene rings is 1. The van der Waals surface area contributed by atoms with E-state index in [2.05, 4.69) is 5.32 Å². The Morgan fingerprint density at radius 1 is 1.56 bits per heavy atom. The van der Waals surface area contributed by atoms with Gasteiger partial charge in [0.05, 0.1) is 7.11 Å². The molecule has 100 valence electrons. The number of aromatic hydroxyl groups is 1. The van der Waals surface area contributed by atoms with Crippen LogP contribution in [-0.4, -0.2) is 35.6 Å². The van der Waals surface area contributed by atoms with Crippen LogP contribution in [0.25, 0.3) is 0 Å². The Kier molecular flexibility index (Phi) is 5.30. The highest BCUT2D eigenvalue weighted by Gasteiger charge is 2.13. The van der Waals surface area contributed by atoms with Crippen LogP contribution in [0.3, 0.4) is 0 Å². The van der Waals surface area contributed by atoms with Crippen LogP contribution in [0.1, 0.15) is 12.5 Å². The largest absolute Gasteiger partial charge is 0.507 e. The van der Waals surface area contributed by atoms with Gasteiger partial charge in [0.1, 0.15) is 17.5 Å². The number of ether oxygens (including phenoxy) is 1. The summed E-state index contributed by atoms with van der Waals surface area (Å²) in [6, 6.07) is 2.67. The zero-order valence-corrected chi connectivity index (χ0v) is 11.4. The maximum absolute atomic E-state index is 10.7. The predicted molar refractivity (Wildman–Crippen MR) is 70.4 cm³/mol. The molecule has 1 rings (SSSR count). The summed E-state index contributed by atoms with van der Waals surface area (Å²) >= 11 is 1.50. The number of carboxylic acids is 1. The molecule has 5 nitrogen and oxygen atoms in total. The number of rotatable bonds is 6. The molecule has 3 N–H and O–H groups in total. The number of thioether (sulfide) groups is 1. The smallest absolute Gasteiger partial charge is 0.320 e. The van der Waals surface area contributed by atoms with E-state index in [4.69, 9.17) is 9.84 Å². The first-order chi connectivity index (χ1) is 8.49. The number of hydrogen-bond acceptors (Lipinski definition) is 5. The van der Waals surface area contributed by atoms with E-state index in [-0.39, 0.29) is 12.3 Å². The van der Waals surface area contributed by atoms with Gasteiger partial charge in [-0.3, -0.25) is 4.79 Å². The fraction of sp³-hybridized carbons (Fsp3) is 0.417. The monoisotopic (exact) mass is 271 g/mol. The molecule has 0 amide bonds. The molecule has 0 aliphatic heterocycles. The molecule has 0 heterocycles. The summed E-state index contributed by atoms with van der Waals surface area (Å²) in [7, 11) is 1.54. The SMILES string of the molecule is COc1cc(O)c(CN[C@@H](C)C(=O)O)cc1SC. The van der Waals surface area contributed by atoms with Gasteiger partial charge in [0, 0.05) is 23.1 Å². The second kappa shape index (κ2) is 6.51. The third kappa shape index (κ3) is 3.54. The third-order valence-corrected chi connectivity index (χ3v) is 3.31. The molecule has 0 saturated carbocycles. The topological polar surface area (TPSA) is 78.8 Å². The summed E-state index contributed by atoms with van der Waals surface area (Å²) in [4.78, 5) is 11.6. The summed E-state index contributed by atoms with van der Waals surface area (Å²) in [5.74, 6) is -0.224. The number of nitrogens with one attached hydrogen (secondary N) is 1. The molecular formula is C12H17NO4S. The molecule has 0 unspecified atom stereocenters. The number of phenolic OH excluding ortho intramolecular Hbond substituents is 1. The van der Waals surface area contributed by atoms with E-state index in [9.17, 15) is 9.90 Å². The molecule has 1 aromatic rings. The molecule has 0 aromatic heterocycles. The van der Waals surface area contributed by atoms with E-state index in [1.54, 1.807) is 20.1 Å². The molecule has 0 bridgehead atoms. The van der Waals surface area contributed by atoms with Crippen molar-refractivity contribution < 1.29 is 19.7 Å². The summed E-state index contributed by atoms with van der Waals surface area (Å²) in [5.41, 5.74) is 0.647. The first-order valence-electron chi connectivity index (χ1n) is 5.39. The second-order valence-electron chi connectivity index (χ2n) is 3.78. The van der Waals surface area contributed by atoms with Crippen molar-refractivity contribution in [2.75, 3.05) is 13.4 Å². The number of hydrogen-bond donors (Lipinski definition) is 3. The minimum atomic E-state index is -0.923. The van der Waals surface area contributed by atoms with Gasteiger partial charge in [-0.2, -0.15) is 0 Å². The van der Waals surface area contributed by atoms with Crippen LogP contribution in [0.2, 0.25) is 0 Å². The van der Waals surface area contributed by atoms with Gasteiger partial charge in [0.25, 0.3) is 0 Å². The minimum Gasteiger partial charge on any atom is -0.507 e. The van der Waals surface area contributed by atoms with Crippen LogP contribution in [-0.2, 0) is 11.3 Å². The number of phenols is 1. The summed E-state index contributed by atoms with van der Waals surface area (Å²) in [6.07, 6.45) is 1.91. The average Bonchev–Trinajstić information content (AvgIpc) is 2.36. The Balaban J connectivity index is 2.86. The fourth-order valence-corrected chi connectivity index (χ4v) is 2.01. The van der Waals surface area contributed by atoms with Crippen molar-refractivity contribution in [1.82, 2.24) is 5.32 Å². The van der Waals surface area contributed by atoms with E-state index < -0.39 is 12.0 Å². The van der Waals surface area contributed by atoms with Gasteiger partial charge in [-0.05, 0) is 19.2 Å². The molecular weight excluding hydrogens is 254 g/mol. The molecule has 0 radical (unpaired) electrons. The van der Waals surface area contributed by atoms with E-state index in [0.717, 1.165) is 4.90 Å². The zero-order chi connectivity index (χ0) is 13.7. The highest BCUT2D eigenvalue weighted by molar-refractivity contribution is 7.98. The molecule has 1 aromatic carbocycles. The minimum absolute atomic E-state index is 0.0924. The van der Waals surface area contributed by atoms with Gasteiger partial charge in [-0.1, -0.05) is 0 Å². The summed E-state index contributed by atoms with van der Waals surface area (Å²) in [5, 5.41) is 21.4. The lowest BCUT2D eigenvalue weighted by molar-refractivity contribution is -0.139. The van der Waals surface area contributed by atoms with Gasteiger partial charge < -0.3 is 20.3 Å². The maximum Gasteiger partial charge on any atom is 0.320 e. The average molecular weight is 271 g/mol. The van der Waals surface area contributed by atoms with Gasteiger partial charge in [-0.25, -0.2) is 0 Å². The Bertz CT molecular complexity index is 436. The van der Waals surface area contributed by atoms with Gasteiger partial charge >= 0.3 is 5.97 Å². The highest BCUT2D eigenvalue weighted by atomic mass is 32.2. The maximum atomic E-state index is 10.7. The summed E-state index contributed by atoms with van der Waals surface area (Å²) in [6.45, 7) is 1.84. The van der Waals surface area contributed by atoms with Crippen LogP contribution in [0, 0.1) is 0 Å². The van der Waals surface area contributed by atoms with Crippen molar-refractivity contribution in [2.45, 2.75) is 24.4 Å². The molecule has 0 aliphatic rings. The number of carboxylic acid groups (broad SMARTS) is 1. The van der Waals surface area contributed by atoms with Crippen LogP contribution in [0.15, 0.2) is 17.0 Å². The Hall–Kier alpha value is -1.40. The molecule has 6 heteroatoms. The van der Waals surface area contributed by atoms with E-state index in [1.165, 1.54) is 17.8 Å². The first kappa shape index (κ1) is 14.7. The van der Waals surface area contributed by atoms with Crippen molar-refractivity contribution >= 4 is 17.7 Å². The predicted octanol–water partition coefficient (Wildman–Crippen LogP) is 1.69. The van der Waals surface area contributed by atoms with Crippen LogP contribution in [0.4, 0.5) is 0 Å². The van der Waals surface area contributed by atoms with Crippen LogP contribution >= 0.6 is 11.8 Å². The number of methoxy groups -OCH3 is 1. The van der Waals surface area contributed by atoms with Crippen molar-refractivity contribution in [3.05, 3.63) is 17.7 Å². The number of carbonyl (C=O) groups is 1. The van der Waals surface area contributed by atoms with Gasteiger partial charge in [-0.15, -0.1) is 11.8 Å². The molecule has 0 saturated heterocycles. The zero-order valence-electron chi connectivity index (χ0n) is 10.6. The van der Waals surface area contributed by atoms with Crippen molar-refractivity contribution in [2.24, 2.45) is 0 Å². The molecule has 0 fully saturated rings.